The fourth-order valence-electron chi connectivity index (χ4n) is 3.85. The Hall–Kier alpha value is -3.58. The molecule has 3 aromatic rings. The molecule has 2 aromatic carbocycles. The Kier molecular flexibility index (Phi) is 6.69. The van der Waals surface area contributed by atoms with Crippen LogP contribution < -0.4 is 5.32 Å². The van der Waals surface area contributed by atoms with Crippen molar-refractivity contribution in [3.05, 3.63) is 94.3 Å². The van der Waals surface area contributed by atoms with Gasteiger partial charge in [-0.05, 0) is 67.2 Å². The fourth-order valence-corrected chi connectivity index (χ4v) is 3.85. The number of carbonyl (C=O) groups excluding carboxylic acids is 1. The number of carbonyl (C=O) groups is 1. The summed E-state index contributed by atoms with van der Waals surface area (Å²) in [5, 5.41) is 12.6. The van der Waals surface area contributed by atoms with E-state index in [0.29, 0.717) is 0 Å². The Labute approximate surface area is 191 Å². The monoisotopic (exact) mass is 425 g/mol. The molecular weight excluding hydrogens is 394 g/mol. The smallest absolute Gasteiger partial charge is 0.262 e. The quantitative estimate of drug-likeness (QED) is 0.392. The average molecular weight is 426 g/mol. The van der Waals surface area contributed by atoms with Gasteiger partial charge in [0.15, 0.2) is 0 Å². The van der Waals surface area contributed by atoms with Crippen molar-refractivity contribution in [2.75, 3.05) is 0 Å². The number of nitriles is 1. The van der Waals surface area contributed by atoms with Crippen LogP contribution in [0.25, 0.3) is 11.8 Å². The van der Waals surface area contributed by atoms with E-state index in [1.807, 2.05) is 57.2 Å². The minimum Gasteiger partial charge on any atom is -0.345 e. The number of benzene rings is 2. The van der Waals surface area contributed by atoms with Gasteiger partial charge in [0.05, 0.1) is 6.04 Å². The van der Waals surface area contributed by atoms with E-state index in [0.717, 1.165) is 28.2 Å². The van der Waals surface area contributed by atoms with Crippen LogP contribution in [0, 0.1) is 25.2 Å². The maximum atomic E-state index is 12.8. The van der Waals surface area contributed by atoms with Gasteiger partial charge in [-0.1, -0.05) is 63.2 Å². The number of rotatable bonds is 5. The summed E-state index contributed by atoms with van der Waals surface area (Å²) >= 11 is 0. The first-order chi connectivity index (χ1) is 15.1. The van der Waals surface area contributed by atoms with E-state index in [9.17, 15) is 10.1 Å². The van der Waals surface area contributed by atoms with Crippen molar-refractivity contribution >= 4 is 12.0 Å². The molecule has 32 heavy (non-hydrogen) atoms. The molecule has 1 heterocycles. The van der Waals surface area contributed by atoms with Gasteiger partial charge in [0.2, 0.25) is 0 Å². The van der Waals surface area contributed by atoms with E-state index in [-0.39, 0.29) is 22.9 Å². The van der Waals surface area contributed by atoms with Crippen LogP contribution in [-0.4, -0.2) is 10.5 Å². The van der Waals surface area contributed by atoms with Gasteiger partial charge >= 0.3 is 0 Å². The predicted molar refractivity (Wildman–Crippen MR) is 131 cm³/mol. The molecule has 0 spiro atoms. The second-order valence-corrected chi connectivity index (χ2v) is 9.23. The number of hydrogen-bond donors (Lipinski definition) is 1. The van der Waals surface area contributed by atoms with Gasteiger partial charge in [0.25, 0.3) is 5.91 Å². The molecule has 3 rings (SSSR count). The van der Waals surface area contributed by atoms with Crippen LogP contribution in [0.1, 0.15) is 61.8 Å². The zero-order valence-corrected chi connectivity index (χ0v) is 19.7. The van der Waals surface area contributed by atoms with Crippen LogP contribution in [-0.2, 0) is 10.2 Å². The normalized spacial score (nSPS) is 12.8. The molecule has 4 nitrogen and oxygen atoms in total. The Bertz CT molecular complexity index is 1170. The van der Waals surface area contributed by atoms with Gasteiger partial charge in [0.1, 0.15) is 11.6 Å². The third-order valence-electron chi connectivity index (χ3n) is 5.77. The molecule has 0 aliphatic heterocycles. The standard InChI is InChI=1S/C28H31N3O/c1-19-16-23(21(3)31(19)26-14-12-25(13-15-26)28(4,5)6)17-24(18-29)27(32)30-20(2)22-10-8-7-9-11-22/h7-17,20H,1-6H3,(H,30,32)/b24-17+/t20-/m0/s1. The summed E-state index contributed by atoms with van der Waals surface area (Å²) in [7, 11) is 0. The highest BCUT2D eigenvalue weighted by atomic mass is 16.1. The van der Waals surface area contributed by atoms with Gasteiger partial charge in [-0.15, -0.1) is 0 Å². The van der Waals surface area contributed by atoms with E-state index in [1.165, 1.54) is 5.56 Å². The summed E-state index contributed by atoms with van der Waals surface area (Å²) in [6.45, 7) is 12.6. The maximum Gasteiger partial charge on any atom is 0.262 e. The SMILES string of the molecule is Cc1cc(/C=C(\C#N)C(=O)N[C@@H](C)c2ccccc2)c(C)n1-c1ccc(C(C)(C)C)cc1. The zero-order valence-electron chi connectivity index (χ0n) is 19.7. The first kappa shape index (κ1) is 23.1. The van der Waals surface area contributed by atoms with Crippen LogP contribution in [0.4, 0.5) is 0 Å². The van der Waals surface area contributed by atoms with Gasteiger partial charge in [-0.3, -0.25) is 4.79 Å². The second kappa shape index (κ2) is 9.28. The third-order valence-corrected chi connectivity index (χ3v) is 5.77. The number of hydrogen-bond acceptors (Lipinski definition) is 2. The highest BCUT2D eigenvalue weighted by molar-refractivity contribution is 6.02. The summed E-state index contributed by atoms with van der Waals surface area (Å²) in [6.07, 6.45) is 1.68. The molecule has 1 aromatic heterocycles. The molecule has 164 valence electrons. The van der Waals surface area contributed by atoms with Crippen LogP contribution in [0.5, 0.6) is 0 Å². The molecule has 4 heteroatoms. The predicted octanol–water partition coefficient (Wildman–Crippen LogP) is 6.18. The molecule has 0 saturated carbocycles. The number of aromatic nitrogens is 1. The van der Waals surface area contributed by atoms with E-state index in [2.05, 4.69) is 61.0 Å². The van der Waals surface area contributed by atoms with E-state index >= 15 is 0 Å². The number of aryl methyl sites for hydroxylation is 1. The van der Waals surface area contributed by atoms with Crippen molar-refractivity contribution in [3.63, 3.8) is 0 Å². The molecule has 0 aliphatic carbocycles. The largest absolute Gasteiger partial charge is 0.345 e. The van der Waals surface area contributed by atoms with Crippen LogP contribution in [0.2, 0.25) is 0 Å². The molecule has 1 atom stereocenters. The number of nitrogens with one attached hydrogen (secondary N) is 1. The molecule has 0 radical (unpaired) electrons. The van der Waals surface area contributed by atoms with Crippen LogP contribution in [0.3, 0.4) is 0 Å². The van der Waals surface area contributed by atoms with Gasteiger partial charge in [-0.2, -0.15) is 5.26 Å². The van der Waals surface area contributed by atoms with Crippen molar-refractivity contribution in [2.24, 2.45) is 0 Å². The topological polar surface area (TPSA) is 57.8 Å². The van der Waals surface area contributed by atoms with Crippen molar-refractivity contribution in [2.45, 2.75) is 53.0 Å². The number of nitrogens with zero attached hydrogens (tertiary/aromatic N) is 2. The highest BCUT2D eigenvalue weighted by Gasteiger charge is 2.17. The summed E-state index contributed by atoms with van der Waals surface area (Å²) < 4.78 is 2.15. The fraction of sp³-hybridized carbons (Fsp3) is 0.286. The Balaban J connectivity index is 1.88. The molecule has 0 bridgehead atoms. The Morgan fingerprint density at radius 3 is 2.25 bits per heavy atom. The Morgan fingerprint density at radius 1 is 1.06 bits per heavy atom. The summed E-state index contributed by atoms with van der Waals surface area (Å²) in [4.78, 5) is 12.8. The molecule has 0 saturated heterocycles. The minimum atomic E-state index is -0.372. The molecular formula is C28H31N3O. The summed E-state index contributed by atoms with van der Waals surface area (Å²) in [6, 6.07) is 22.2. The van der Waals surface area contributed by atoms with E-state index in [4.69, 9.17) is 0 Å². The second-order valence-electron chi connectivity index (χ2n) is 9.23. The molecule has 0 aliphatic rings. The average Bonchev–Trinajstić information content (AvgIpc) is 3.04. The van der Waals surface area contributed by atoms with Crippen molar-refractivity contribution in [3.8, 4) is 11.8 Å². The lowest BCUT2D eigenvalue weighted by atomic mass is 9.87. The van der Waals surface area contributed by atoms with Crippen molar-refractivity contribution < 1.29 is 4.79 Å². The van der Waals surface area contributed by atoms with Gasteiger partial charge in [-0.25, -0.2) is 0 Å². The maximum absolute atomic E-state index is 12.8. The molecule has 1 amide bonds. The molecule has 1 N–H and O–H groups in total. The van der Waals surface area contributed by atoms with Crippen molar-refractivity contribution in [1.82, 2.24) is 9.88 Å². The zero-order chi connectivity index (χ0) is 23.5. The number of amides is 1. The first-order valence-electron chi connectivity index (χ1n) is 10.9. The van der Waals surface area contributed by atoms with Gasteiger partial charge < -0.3 is 9.88 Å². The molecule has 0 unspecified atom stereocenters. The highest BCUT2D eigenvalue weighted by Crippen LogP contribution is 2.27. The third kappa shape index (κ3) is 5.00. The Morgan fingerprint density at radius 2 is 1.69 bits per heavy atom. The lowest BCUT2D eigenvalue weighted by molar-refractivity contribution is -0.117. The van der Waals surface area contributed by atoms with Crippen LogP contribution >= 0.6 is 0 Å². The van der Waals surface area contributed by atoms with E-state index < -0.39 is 0 Å². The van der Waals surface area contributed by atoms with E-state index in [1.54, 1.807) is 6.08 Å². The van der Waals surface area contributed by atoms with Crippen LogP contribution in [0.15, 0.2) is 66.2 Å². The minimum absolute atomic E-state index is 0.0936. The lowest BCUT2D eigenvalue weighted by Gasteiger charge is -2.20. The first-order valence-corrected chi connectivity index (χ1v) is 10.9. The molecule has 0 fully saturated rings. The van der Waals surface area contributed by atoms with Gasteiger partial charge in [0, 0.05) is 17.1 Å². The lowest BCUT2D eigenvalue weighted by Crippen LogP contribution is -2.27. The summed E-state index contributed by atoms with van der Waals surface area (Å²) in [5.41, 5.74) is 6.43. The van der Waals surface area contributed by atoms with Crippen molar-refractivity contribution in [1.29, 1.82) is 5.26 Å². The summed E-state index contributed by atoms with van der Waals surface area (Å²) in [5.74, 6) is -0.372.